The van der Waals surface area contributed by atoms with Crippen LogP contribution < -0.4 is 10.6 Å². The fraction of sp³-hybridized carbons (Fsp3) is 0.533. The minimum absolute atomic E-state index is 0.0248. The second kappa shape index (κ2) is 6.47. The summed E-state index contributed by atoms with van der Waals surface area (Å²) in [6.07, 6.45) is -2.19. The van der Waals surface area contributed by atoms with Crippen molar-refractivity contribution in [3.05, 3.63) is 29.8 Å². The molecular weight excluding hydrogens is 281 g/mol. The molecule has 3 nitrogen and oxygen atoms in total. The molecule has 0 saturated carbocycles. The van der Waals surface area contributed by atoms with Crippen LogP contribution in [0.2, 0.25) is 0 Å². The maximum Gasteiger partial charge on any atom is 0.418 e. The second-order valence-electron chi connectivity index (χ2n) is 5.48. The van der Waals surface area contributed by atoms with Gasteiger partial charge in [-0.3, -0.25) is 4.79 Å². The number of alkyl halides is 3. The second-order valence-corrected chi connectivity index (χ2v) is 5.48. The molecule has 6 heteroatoms. The van der Waals surface area contributed by atoms with Gasteiger partial charge in [0.25, 0.3) is 0 Å². The predicted molar refractivity (Wildman–Crippen MR) is 74.9 cm³/mol. The number of anilines is 1. The molecule has 2 rings (SSSR count). The lowest BCUT2D eigenvalue weighted by Gasteiger charge is -2.29. The van der Waals surface area contributed by atoms with Gasteiger partial charge in [0.05, 0.1) is 11.3 Å². The van der Waals surface area contributed by atoms with Crippen molar-refractivity contribution in [3.8, 4) is 0 Å². The van der Waals surface area contributed by atoms with E-state index in [-0.39, 0.29) is 18.2 Å². The largest absolute Gasteiger partial charge is 0.418 e. The van der Waals surface area contributed by atoms with Crippen molar-refractivity contribution in [1.29, 1.82) is 0 Å². The number of benzene rings is 1. The SMILES string of the molecule is CC1CCCNC1CC(=O)Nc1ccccc1C(F)(F)F. The van der Waals surface area contributed by atoms with Gasteiger partial charge in [-0.2, -0.15) is 13.2 Å². The van der Waals surface area contributed by atoms with Gasteiger partial charge in [0.2, 0.25) is 5.91 Å². The van der Waals surface area contributed by atoms with Crippen LogP contribution in [0.4, 0.5) is 18.9 Å². The third-order valence-electron chi connectivity index (χ3n) is 3.84. The van der Waals surface area contributed by atoms with E-state index in [0.717, 1.165) is 25.5 Å². The molecule has 0 aliphatic carbocycles. The Morgan fingerprint density at radius 2 is 2.10 bits per heavy atom. The van der Waals surface area contributed by atoms with Crippen LogP contribution in [-0.4, -0.2) is 18.5 Å². The first kappa shape index (κ1) is 15.8. The van der Waals surface area contributed by atoms with Crippen LogP contribution in [0.1, 0.15) is 31.7 Å². The fourth-order valence-corrected chi connectivity index (χ4v) is 2.63. The molecule has 1 amide bonds. The molecule has 116 valence electrons. The van der Waals surface area contributed by atoms with E-state index in [4.69, 9.17) is 0 Å². The summed E-state index contributed by atoms with van der Waals surface area (Å²) in [7, 11) is 0. The first-order valence-corrected chi connectivity index (χ1v) is 7.07. The smallest absolute Gasteiger partial charge is 0.325 e. The Hall–Kier alpha value is -1.56. The lowest BCUT2D eigenvalue weighted by atomic mass is 9.90. The maximum absolute atomic E-state index is 12.9. The summed E-state index contributed by atoms with van der Waals surface area (Å²) < 4.78 is 38.6. The van der Waals surface area contributed by atoms with Gasteiger partial charge in [-0.1, -0.05) is 19.1 Å². The van der Waals surface area contributed by atoms with E-state index in [1.165, 1.54) is 18.2 Å². The molecule has 1 fully saturated rings. The summed E-state index contributed by atoms with van der Waals surface area (Å²) >= 11 is 0. The highest BCUT2D eigenvalue weighted by Gasteiger charge is 2.33. The van der Waals surface area contributed by atoms with E-state index in [1.54, 1.807) is 0 Å². The highest BCUT2D eigenvalue weighted by molar-refractivity contribution is 5.92. The minimum atomic E-state index is -4.47. The lowest BCUT2D eigenvalue weighted by Crippen LogP contribution is -2.42. The van der Waals surface area contributed by atoms with E-state index in [1.807, 2.05) is 6.92 Å². The standard InChI is InChI=1S/C15H19F3N2O/c1-10-5-4-8-19-13(10)9-14(21)20-12-7-3-2-6-11(12)15(16,17)18/h2-3,6-7,10,13,19H,4-5,8-9H2,1H3,(H,20,21). The van der Waals surface area contributed by atoms with Crippen molar-refractivity contribution in [2.75, 3.05) is 11.9 Å². The molecule has 0 aromatic heterocycles. The van der Waals surface area contributed by atoms with Crippen LogP contribution in [0.3, 0.4) is 0 Å². The lowest BCUT2D eigenvalue weighted by molar-refractivity contribution is -0.137. The molecule has 1 aromatic rings. The monoisotopic (exact) mass is 300 g/mol. The molecule has 2 atom stereocenters. The number of halogens is 3. The third kappa shape index (κ3) is 4.20. The number of para-hydroxylation sites is 1. The van der Waals surface area contributed by atoms with E-state index < -0.39 is 17.6 Å². The highest BCUT2D eigenvalue weighted by atomic mass is 19.4. The summed E-state index contributed by atoms with van der Waals surface area (Å²) in [5.41, 5.74) is -0.999. The number of nitrogens with one attached hydrogen (secondary N) is 2. The van der Waals surface area contributed by atoms with Gasteiger partial charge in [0.15, 0.2) is 0 Å². The predicted octanol–water partition coefficient (Wildman–Crippen LogP) is 3.42. The van der Waals surface area contributed by atoms with Crippen molar-refractivity contribution in [3.63, 3.8) is 0 Å². The number of carbonyl (C=O) groups is 1. The third-order valence-corrected chi connectivity index (χ3v) is 3.84. The first-order valence-electron chi connectivity index (χ1n) is 7.07. The van der Waals surface area contributed by atoms with Crippen LogP contribution in [0.15, 0.2) is 24.3 Å². The summed E-state index contributed by atoms with van der Waals surface area (Å²) in [5.74, 6) is -0.0414. The zero-order valence-corrected chi connectivity index (χ0v) is 11.8. The highest BCUT2D eigenvalue weighted by Crippen LogP contribution is 2.34. The van der Waals surface area contributed by atoms with Crippen molar-refractivity contribution < 1.29 is 18.0 Å². The average molecular weight is 300 g/mol. The van der Waals surface area contributed by atoms with Crippen LogP contribution >= 0.6 is 0 Å². The van der Waals surface area contributed by atoms with Crippen LogP contribution in [-0.2, 0) is 11.0 Å². The quantitative estimate of drug-likeness (QED) is 0.898. The Bertz CT molecular complexity index is 502. The summed E-state index contributed by atoms with van der Waals surface area (Å²) in [4.78, 5) is 12.0. The molecule has 2 unspecified atom stereocenters. The molecule has 1 aromatic carbocycles. The topological polar surface area (TPSA) is 41.1 Å². The first-order chi connectivity index (χ1) is 9.88. The van der Waals surface area contributed by atoms with Gasteiger partial charge in [-0.25, -0.2) is 0 Å². The summed E-state index contributed by atoms with van der Waals surface area (Å²) in [6, 6.07) is 5.06. The number of rotatable bonds is 3. The Kier molecular flexibility index (Phi) is 4.88. The van der Waals surface area contributed by atoms with Gasteiger partial charge in [0, 0.05) is 12.5 Å². The Labute approximate surface area is 121 Å². The fourth-order valence-electron chi connectivity index (χ4n) is 2.63. The molecule has 0 spiro atoms. The Balaban J connectivity index is 2.03. The number of hydrogen-bond acceptors (Lipinski definition) is 2. The van der Waals surface area contributed by atoms with E-state index in [2.05, 4.69) is 10.6 Å². The Morgan fingerprint density at radius 3 is 2.76 bits per heavy atom. The normalized spacial score (nSPS) is 22.9. The number of piperidine rings is 1. The summed E-state index contributed by atoms with van der Waals surface area (Å²) in [5, 5.41) is 5.63. The molecule has 1 heterocycles. The molecule has 1 saturated heterocycles. The van der Waals surface area contributed by atoms with E-state index in [0.29, 0.717) is 5.92 Å². The molecular formula is C15H19F3N2O. The number of carbonyl (C=O) groups excluding carboxylic acids is 1. The van der Waals surface area contributed by atoms with Gasteiger partial charge in [0.1, 0.15) is 0 Å². The van der Waals surface area contributed by atoms with Crippen molar-refractivity contribution >= 4 is 11.6 Å². The molecule has 21 heavy (non-hydrogen) atoms. The minimum Gasteiger partial charge on any atom is -0.325 e. The number of hydrogen-bond donors (Lipinski definition) is 2. The zero-order valence-electron chi connectivity index (χ0n) is 11.8. The molecule has 2 N–H and O–H groups in total. The maximum atomic E-state index is 12.9. The van der Waals surface area contributed by atoms with Crippen molar-refractivity contribution in [2.45, 2.75) is 38.4 Å². The van der Waals surface area contributed by atoms with Crippen molar-refractivity contribution in [2.24, 2.45) is 5.92 Å². The molecule has 0 radical (unpaired) electrons. The Morgan fingerprint density at radius 1 is 1.38 bits per heavy atom. The van der Waals surface area contributed by atoms with E-state index >= 15 is 0 Å². The van der Waals surface area contributed by atoms with Gasteiger partial charge >= 0.3 is 6.18 Å². The zero-order chi connectivity index (χ0) is 15.5. The molecule has 0 bridgehead atoms. The van der Waals surface area contributed by atoms with Crippen LogP contribution in [0, 0.1) is 5.92 Å². The van der Waals surface area contributed by atoms with Crippen molar-refractivity contribution in [1.82, 2.24) is 5.32 Å². The number of amides is 1. The molecule has 1 aliphatic heterocycles. The molecule has 1 aliphatic rings. The van der Waals surface area contributed by atoms with Gasteiger partial charge < -0.3 is 10.6 Å². The van der Waals surface area contributed by atoms with E-state index in [9.17, 15) is 18.0 Å². The van der Waals surface area contributed by atoms with Gasteiger partial charge in [-0.15, -0.1) is 0 Å². The van der Waals surface area contributed by atoms with Gasteiger partial charge in [-0.05, 0) is 37.4 Å². The average Bonchev–Trinajstić information content (AvgIpc) is 2.41. The summed E-state index contributed by atoms with van der Waals surface area (Å²) in [6.45, 7) is 2.90. The van der Waals surface area contributed by atoms with Crippen LogP contribution in [0.5, 0.6) is 0 Å². The van der Waals surface area contributed by atoms with Crippen LogP contribution in [0.25, 0.3) is 0 Å².